The average Bonchev–Trinajstić information content (AvgIpc) is 3.39. The Morgan fingerprint density at radius 2 is 2.06 bits per heavy atom. The molecule has 1 unspecified atom stereocenters. The van der Waals surface area contributed by atoms with Crippen molar-refractivity contribution in [3.63, 3.8) is 0 Å². The van der Waals surface area contributed by atoms with Crippen LogP contribution in [0, 0.1) is 6.92 Å². The highest BCUT2D eigenvalue weighted by atomic mass is 32.2. The van der Waals surface area contributed by atoms with Gasteiger partial charge in [0.05, 0.1) is 23.2 Å². The van der Waals surface area contributed by atoms with Gasteiger partial charge in [0.2, 0.25) is 5.91 Å². The Morgan fingerprint density at radius 1 is 1.25 bits per heavy atom. The van der Waals surface area contributed by atoms with Gasteiger partial charge < -0.3 is 19.2 Å². The molecule has 3 heterocycles. The van der Waals surface area contributed by atoms with Gasteiger partial charge in [-0.1, -0.05) is 6.92 Å². The van der Waals surface area contributed by atoms with E-state index in [1.165, 1.54) is 4.31 Å². The van der Waals surface area contributed by atoms with E-state index in [-0.39, 0.29) is 18.0 Å². The molecule has 1 fully saturated rings. The zero-order valence-corrected chi connectivity index (χ0v) is 21.8. The highest BCUT2D eigenvalue weighted by Crippen LogP contribution is 2.33. The Bertz CT molecular complexity index is 1330. The second-order valence-corrected chi connectivity index (χ2v) is 9.81. The molecule has 0 radical (unpaired) electrons. The van der Waals surface area contributed by atoms with Crippen LogP contribution in [0.3, 0.4) is 0 Å². The fourth-order valence-electron chi connectivity index (χ4n) is 4.71. The van der Waals surface area contributed by atoms with Gasteiger partial charge in [0.25, 0.3) is 16.8 Å². The number of nitrogens with zero attached hydrogens (tertiary/aromatic N) is 4. The van der Waals surface area contributed by atoms with Gasteiger partial charge in [-0.05, 0) is 56.9 Å². The molecule has 0 saturated carbocycles. The number of anilines is 1. The maximum atomic E-state index is 13.0. The first-order valence-electron chi connectivity index (χ1n) is 12.4. The van der Waals surface area contributed by atoms with Crippen LogP contribution < -0.4 is 14.6 Å². The van der Waals surface area contributed by atoms with Gasteiger partial charge >= 0.3 is 0 Å². The van der Waals surface area contributed by atoms with Crippen molar-refractivity contribution < 1.29 is 18.3 Å². The molecule has 3 aromatic rings. The normalized spacial score (nSPS) is 14.6. The minimum Gasteiger partial charge on any atom is -0.493 e. The number of aromatic amines is 1. The van der Waals surface area contributed by atoms with Crippen LogP contribution in [0.1, 0.15) is 45.1 Å². The summed E-state index contributed by atoms with van der Waals surface area (Å²) in [5.41, 5.74) is 2.23. The van der Waals surface area contributed by atoms with Gasteiger partial charge in [-0.15, -0.1) is 0 Å². The van der Waals surface area contributed by atoms with Crippen LogP contribution in [0.25, 0.3) is 22.4 Å². The quantitative estimate of drug-likeness (QED) is 0.377. The van der Waals surface area contributed by atoms with E-state index in [0.29, 0.717) is 59.9 Å². The van der Waals surface area contributed by atoms with E-state index in [1.54, 1.807) is 23.1 Å². The Hall–Kier alpha value is -3.18. The molecular weight excluding hydrogens is 482 g/mol. The van der Waals surface area contributed by atoms with Gasteiger partial charge in [-0.3, -0.25) is 18.4 Å². The molecule has 11 heteroatoms. The number of fused-ring (bicyclic) bond motifs is 1. The Morgan fingerprint density at radius 3 is 2.72 bits per heavy atom. The predicted octanol–water partition coefficient (Wildman–Crippen LogP) is 3.46. The van der Waals surface area contributed by atoms with Gasteiger partial charge in [-0.25, -0.2) is 9.19 Å². The first-order chi connectivity index (χ1) is 17.3. The lowest BCUT2D eigenvalue weighted by molar-refractivity contribution is -0.127. The molecule has 0 aliphatic carbocycles. The minimum atomic E-state index is -2.28. The average molecular weight is 516 g/mol. The van der Waals surface area contributed by atoms with Crippen molar-refractivity contribution >= 4 is 33.9 Å². The number of ether oxygens (including phenoxy) is 1. The number of aryl methyl sites for hydroxylation is 2. The molecular formula is C25H33N5O5S. The maximum absolute atomic E-state index is 13.0. The van der Waals surface area contributed by atoms with Crippen LogP contribution in [-0.4, -0.2) is 60.3 Å². The molecule has 194 valence electrons. The number of carbonyl (C=O) groups is 1. The van der Waals surface area contributed by atoms with Crippen molar-refractivity contribution in [1.82, 2.24) is 19.4 Å². The number of amides is 1. The molecule has 2 aromatic heterocycles. The van der Waals surface area contributed by atoms with E-state index in [1.807, 2.05) is 24.6 Å². The predicted molar refractivity (Wildman–Crippen MR) is 141 cm³/mol. The molecule has 1 saturated heterocycles. The minimum absolute atomic E-state index is 0.128. The fourth-order valence-corrected chi connectivity index (χ4v) is 5.28. The van der Waals surface area contributed by atoms with Crippen molar-refractivity contribution in [2.75, 3.05) is 30.5 Å². The van der Waals surface area contributed by atoms with Crippen LogP contribution in [0.2, 0.25) is 0 Å². The lowest BCUT2D eigenvalue weighted by Gasteiger charge is -2.23. The van der Waals surface area contributed by atoms with Crippen LogP contribution in [0.15, 0.2) is 29.2 Å². The molecule has 36 heavy (non-hydrogen) atoms. The number of aromatic nitrogens is 3. The SMILES string of the molecule is CCCn1cc(C)c2c(=O)[nH]c(-c3cc(N(CCCN4CCCC4=O)S(=O)O)ccc3OCC)nc21. The van der Waals surface area contributed by atoms with Crippen LogP contribution in [-0.2, 0) is 22.6 Å². The summed E-state index contributed by atoms with van der Waals surface area (Å²) >= 11 is -2.28. The van der Waals surface area contributed by atoms with Crippen molar-refractivity contribution in [1.29, 1.82) is 0 Å². The third-order valence-electron chi connectivity index (χ3n) is 6.34. The summed E-state index contributed by atoms with van der Waals surface area (Å²) in [4.78, 5) is 34.4. The number of hydrogen-bond donors (Lipinski definition) is 2. The molecule has 2 N–H and O–H groups in total. The molecule has 4 rings (SSSR count). The van der Waals surface area contributed by atoms with E-state index < -0.39 is 11.3 Å². The molecule has 1 aromatic carbocycles. The molecule has 1 amide bonds. The molecule has 10 nitrogen and oxygen atoms in total. The second kappa shape index (κ2) is 11.3. The highest BCUT2D eigenvalue weighted by Gasteiger charge is 2.22. The molecule has 0 bridgehead atoms. The van der Waals surface area contributed by atoms with Crippen LogP contribution in [0.4, 0.5) is 5.69 Å². The molecule has 1 aliphatic rings. The van der Waals surface area contributed by atoms with E-state index in [9.17, 15) is 18.4 Å². The third-order valence-corrected chi connectivity index (χ3v) is 7.11. The maximum Gasteiger partial charge on any atom is 0.261 e. The summed E-state index contributed by atoms with van der Waals surface area (Å²) in [6.07, 6.45) is 4.79. The van der Waals surface area contributed by atoms with Gasteiger partial charge in [-0.2, -0.15) is 0 Å². The number of likely N-dealkylation sites (tertiary alicyclic amines) is 1. The van der Waals surface area contributed by atoms with Gasteiger partial charge in [0, 0.05) is 38.8 Å². The van der Waals surface area contributed by atoms with Gasteiger partial charge in [0.1, 0.15) is 17.2 Å². The number of hydrogen-bond acceptors (Lipinski definition) is 5. The Labute approximate surface area is 212 Å². The molecule has 0 spiro atoms. The number of nitrogens with one attached hydrogen (secondary N) is 1. The summed E-state index contributed by atoms with van der Waals surface area (Å²) in [7, 11) is 0. The summed E-state index contributed by atoms with van der Waals surface area (Å²) in [5.74, 6) is 0.975. The Kier molecular flexibility index (Phi) is 8.10. The van der Waals surface area contributed by atoms with Crippen molar-refractivity contribution in [2.24, 2.45) is 0 Å². The van der Waals surface area contributed by atoms with E-state index in [0.717, 1.165) is 31.5 Å². The lowest BCUT2D eigenvalue weighted by atomic mass is 10.1. The lowest BCUT2D eigenvalue weighted by Crippen LogP contribution is -2.31. The monoisotopic (exact) mass is 515 g/mol. The summed E-state index contributed by atoms with van der Waals surface area (Å²) in [6, 6.07) is 5.15. The van der Waals surface area contributed by atoms with Crippen molar-refractivity contribution in [3.8, 4) is 17.1 Å². The number of benzene rings is 1. The smallest absolute Gasteiger partial charge is 0.261 e. The van der Waals surface area contributed by atoms with E-state index in [4.69, 9.17) is 9.72 Å². The van der Waals surface area contributed by atoms with Crippen molar-refractivity contribution in [3.05, 3.63) is 40.3 Å². The first kappa shape index (κ1) is 25.9. The summed E-state index contributed by atoms with van der Waals surface area (Å²) < 4.78 is 31.4. The van der Waals surface area contributed by atoms with Crippen LogP contribution >= 0.6 is 0 Å². The van der Waals surface area contributed by atoms with Gasteiger partial charge in [0.15, 0.2) is 0 Å². The fraction of sp³-hybridized carbons (Fsp3) is 0.480. The third kappa shape index (κ3) is 5.31. The first-order valence-corrected chi connectivity index (χ1v) is 13.4. The second-order valence-electron chi connectivity index (χ2n) is 8.90. The molecule has 1 aliphatic heterocycles. The van der Waals surface area contributed by atoms with Crippen LogP contribution in [0.5, 0.6) is 5.75 Å². The number of rotatable bonds is 11. The van der Waals surface area contributed by atoms with E-state index in [2.05, 4.69) is 11.9 Å². The molecule has 1 atom stereocenters. The van der Waals surface area contributed by atoms with E-state index >= 15 is 0 Å². The van der Waals surface area contributed by atoms with Crippen molar-refractivity contribution in [2.45, 2.75) is 53.0 Å². The summed E-state index contributed by atoms with van der Waals surface area (Å²) in [6.45, 7) is 8.50. The highest BCUT2D eigenvalue weighted by molar-refractivity contribution is 7.80. The zero-order valence-electron chi connectivity index (χ0n) is 21.0. The number of carbonyl (C=O) groups excluding carboxylic acids is 1. The summed E-state index contributed by atoms with van der Waals surface area (Å²) in [5, 5.41) is 0.552. The zero-order chi connectivity index (χ0) is 25.8. The largest absolute Gasteiger partial charge is 0.493 e. The Balaban J connectivity index is 1.71. The standard InChI is InChI=1S/C25H33N5O5S/c1-4-11-29-16-17(3)22-24(29)26-23(27-25(22)32)19-15-18(9-10-20(19)35-5-2)30(36(33)34)14-7-13-28-12-6-8-21(28)31/h9-10,15-16H,4-8,11-14H2,1-3H3,(H,33,34)(H,26,27,32). The number of H-pyrrole nitrogens is 1. The topological polar surface area (TPSA) is 121 Å².